The zero-order valence-electron chi connectivity index (χ0n) is 19.1. The van der Waals surface area contributed by atoms with Crippen LogP contribution in [-0.2, 0) is 6.54 Å². The van der Waals surface area contributed by atoms with E-state index in [1.165, 1.54) is 35.8 Å². The van der Waals surface area contributed by atoms with Crippen molar-refractivity contribution < 1.29 is 4.39 Å². The first kappa shape index (κ1) is 21.8. The highest BCUT2D eigenvalue weighted by Gasteiger charge is 2.19. The molecule has 0 radical (unpaired) electrons. The fourth-order valence-corrected chi connectivity index (χ4v) is 5.46. The predicted molar refractivity (Wildman–Crippen MR) is 136 cm³/mol. The van der Waals surface area contributed by atoms with E-state index in [1.54, 1.807) is 0 Å². The minimum absolute atomic E-state index is 0.166. The molecular weight excluding hydrogens is 433 g/mol. The summed E-state index contributed by atoms with van der Waals surface area (Å²) < 4.78 is 17.3. The van der Waals surface area contributed by atoms with Gasteiger partial charge in [0.05, 0.1) is 22.5 Å². The van der Waals surface area contributed by atoms with Crippen LogP contribution in [-0.4, -0.2) is 22.6 Å². The van der Waals surface area contributed by atoms with E-state index in [2.05, 4.69) is 24.0 Å². The molecule has 0 saturated carbocycles. The van der Waals surface area contributed by atoms with Crippen molar-refractivity contribution in [2.45, 2.75) is 46.1 Å². The second-order valence-electron chi connectivity index (χ2n) is 8.78. The van der Waals surface area contributed by atoms with Crippen LogP contribution in [0.2, 0.25) is 0 Å². The van der Waals surface area contributed by atoms with Gasteiger partial charge in [0, 0.05) is 42.2 Å². The van der Waals surface area contributed by atoms with Crippen LogP contribution in [0.4, 0.5) is 10.1 Å². The van der Waals surface area contributed by atoms with Gasteiger partial charge in [-0.15, -0.1) is 11.3 Å². The lowest BCUT2D eigenvalue weighted by atomic mass is 10.1. The molecular formula is C27H28FN3OS. The zero-order chi connectivity index (χ0) is 22.9. The molecule has 1 saturated heterocycles. The normalized spacial score (nSPS) is 14.6. The standard InChI is InChI=1S/C27H28FN3OS/c1-3-30-16-21(27-29-23(17-33-27)19-10-8-18(2)9-11-19)26(32)20-14-22(28)25(15-24(20)30)31-12-6-4-5-7-13-31/h8-11,14-17H,3-7,12-13H2,1-2H3. The lowest BCUT2D eigenvalue weighted by molar-refractivity contribution is 0.618. The number of nitrogens with zero attached hydrogens (tertiary/aromatic N) is 3. The van der Waals surface area contributed by atoms with Crippen molar-refractivity contribution in [2.24, 2.45) is 0 Å². The maximum absolute atomic E-state index is 15.2. The molecule has 0 bridgehead atoms. The number of hydrogen-bond donors (Lipinski definition) is 0. The van der Waals surface area contributed by atoms with Crippen LogP contribution in [0.3, 0.4) is 0 Å². The highest BCUT2D eigenvalue weighted by atomic mass is 32.1. The molecule has 0 aliphatic carbocycles. The molecule has 4 nitrogen and oxygen atoms in total. The van der Waals surface area contributed by atoms with Crippen LogP contribution < -0.4 is 10.3 Å². The van der Waals surface area contributed by atoms with Crippen molar-refractivity contribution in [3.05, 3.63) is 69.6 Å². The van der Waals surface area contributed by atoms with Crippen molar-refractivity contribution >= 4 is 27.9 Å². The third-order valence-electron chi connectivity index (χ3n) is 6.52. The Balaban J connectivity index is 1.60. The molecule has 1 fully saturated rings. The van der Waals surface area contributed by atoms with Gasteiger partial charge < -0.3 is 9.47 Å². The molecule has 5 rings (SSSR count). The quantitative estimate of drug-likeness (QED) is 0.342. The average molecular weight is 462 g/mol. The molecule has 33 heavy (non-hydrogen) atoms. The van der Waals surface area contributed by atoms with Crippen LogP contribution >= 0.6 is 11.3 Å². The number of anilines is 1. The van der Waals surface area contributed by atoms with Gasteiger partial charge >= 0.3 is 0 Å². The number of hydrogen-bond acceptors (Lipinski definition) is 4. The summed E-state index contributed by atoms with van der Waals surface area (Å²) >= 11 is 1.45. The molecule has 0 amide bonds. The van der Waals surface area contributed by atoms with E-state index in [0.717, 1.165) is 42.7 Å². The van der Waals surface area contributed by atoms with Crippen LogP contribution in [0.5, 0.6) is 0 Å². The fourth-order valence-electron chi connectivity index (χ4n) is 4.62. The molecule has 0 unspecified atom stereocenters. The zero-order valence-corrected chi connectivity index (χ0v) is 19.9. The number of thiazole rings is 1. The lowest BCUT2D eigenvalue weighted by Gasteiger charge is -2.24. The van der Waals surface area contributed by atoms with Crippen molar-refractivity contribution in [2.75, 3.05) is 18.0 Å². The van der Waals surface area contributed by atoms with Gasteiger partial charge in [-0.1, -0.05) is 42.7 Å². The summed E-state index contributed by atoms with van der Waals surface area (Å²) in [4.78, 5) is 20.3. The Morgan fingerprint density at radius 3 is 2.48 bits per heavy atom. The second-order valence-corrected chi connectivity index (χ2v) is 9.64. The van der Waals surface area contributed by atoms with Gasteiger partial charge in [0.15, 0.2) is 5.43 Å². The largest absolute Gasteiger partial charge is 0.369 e. The van der Waals surface area contributed by atoms with E-state index in [0.29, 0.717) is 28.2 Å². The van der Waals surface area contributed by atoms with Crippen LogP contribution in [0.15, 0.2) is 52.8 Å². The van der Waals surface area contributed by atoms with Gasteiger partial charge in [-0.3, -0.25) is 4.79 Å². The number of pyridine rings is 1. The molecule has 1 aliphatic rings. The summed E-state index contributed by atoms with van der Waals surface area (Å²) in [7, 11) is 0. The number of benzene rings is 2. The van der Waals surface area contributed by atoms with Crippen molar-refractivity contribution in [3.63, 3.8) is 0 Å². The Morgan fingerprint density at radius 2 is 1.79 bits per heavy atom. The third-order valence-corrected chi connectivity index (χ3v) is 7.39. The first-order chi connectivity index (χ1) is 16.0. The minimum atomic E-state index is -0.319. The highest BCUT2D eigenvalue weighted by Crippen LogP contribution is 2.31. The molecule has 3 heterocycles. The molecule has 4 aromatic rings. The first-order valence-corrected chi connectivity index (χ1v) is 12.6. The Kier molecular flexibility index (Phi) is 6.02. The summed E-state index contributed by atoms with van der Waals surface area (Å²) in [5, 5.41) is 3.05. The summed E-state index contributed by atoms with van der Waals surface area (Å²) in [6.45, 7) is 6.50. The molecule has 2 aromatic carbocycles. The van der Waals surface area contributed by atoms with Gasteiger partial charge in [0.2, 0.25) is 0 Å². The van der Waals surface area contributed by atoms with E-state index in [4.69, 9.17) is 4.98 Å². The van der Waals surface area contributed by atoms with Crippen molar-refractivity contribution in [3.8, 4) is 21.8 Å². The van der Waals surface area contributed by atoms with Gasteiger partial charge in [-0.25, -0.2) is 9.37 Å². The van der Waals surface area contributed by atoms with E-state index < -0.39 is 0 Å². The molecule has 2 aromatic heterocycles. The van der Waals surface area contributed by atoms with Gasteiger partial charge in [-0.05, 0) is 38.8 Å². The van der Waals surface area contributed by atoms with E-state index in [-0.39, 0.29) is 11.2 Å². The highest BCUT2D eigenvalue weighted by molar-refractivity contribution is 7.13. The molecule has 0 atom stereocenters. The number of fused-ring (bicyclic) bond motifs is 1. The van der Waals surface area contributed by atoms with E-state index in [9.17, 15) is 4.79 Å². The molecule has 1 aliphatic heterocycles. The second kappa shape index (κ2) is 9.10. The Labute approximate surface area is 197 Å². The van der Waals surface area contributed by atoms with E-state index in [1.807, 2.05) is 41.3 Å². The number of aromatic nitrogens is 2. The summed E-state index contributed by atoms with van der Waals surface area (Å²) in [6.07, 6.45) is 6.40. The van der Waals surface area contributed by atoms with Gasteiger partial charge in [-0.2, -0.15) is 0 Å². The summed E-state index contributed by atoms with van der Waals surface area (Å²) in [5.41, 5.74) is 4.80. The average Bonchev–Trinajstić information content (AvgIpc) is 3.15. The Hall–Kier alpha value is -2.99. The maximum Gasteiger partial charge on any atom is 0.199 e. The monoisotopic (exact) mass is 461 g/mol. The smallest absolute Gasteiger partial charge is 0.199 e. The van der Waals surface area contributed by atoms with Crippen LogP contribution in [0.1, 0.15) is 38.2 Å². The Bertz CT molecular complexity index is 1350. The predicted octanol–water partition coefficient (Wildman–Crippen LogP) is 6.64. The van der Waals surface area contributed by atoms with Crippen molar-refractivity contribution in [1.82, 2.24) is 9.55 Å². The molecule has 6 heteroatoms. The van der Waals surface area contributed by atoms with Gasteiger partial charge in [0.25, 0.3) is 0 Å². The molecule has 0 N–H and O–H groups in total. The number of halogens is 1. The van der Waals surface area contributed by atoms with Crippen LogP contribution in [0.25, 0.3) is 32.7 Å². The van der Waals surface area contributed by atoms with Crippen molar-refractivity contribution in [1.29, 1.82) is 0 Å². The Morgan fingerprint density at radius 1 is 1.06 bits per heavy atom. The fraction of sp³-hybridized carbons (Fsp3) is 0.333. The maximum atomic E-state index is 15.2. The molecule has 170 valence electrons. The SMILES string of the molecule is CCn1cc(-c2nc(-c3ccc(C)cc3)cs2)c(=O)c2cc(F)c(N3CCCCCC3)cc21. The summed E-state index contributed by atoms with van der Waals surface area (Å²) in [5.74, 6) is -0.319. The lowest BCUT2D eigenvalue weighted by Crippen LogP contribution is -2.25. The first-order valence-electron chi connectivity index (χ1n) is 11.7. The van der Waals surface area contributed by atoms with E-state index >= 15 is 4.39 Å². The molecule has 0 spiro atoms. The number of rotatable bonds is 4. The minimum Gasteiger partial charge on any atom is -0.369 e. The number of aryl methyl sites for hydroxylation is 2. The topological polar surface area (TPSA) is 38.1 Å². The summed E-state index contributed by atoms with van der Waals surface area (Å²) in [6, 6.07) is 11.5. The van der Waals surface area contributed by atoms with Crippen LogP contribution in [0, 0.1) is 12.7 Å². The third kappa shape index (κ3) is 4.20. The van der Waals surface area contributed by atoms with Gasteiger partial charge in [0.1, 0.15) is 10.8 Å².